The van der Waals surface area contributed by atoms with Gasteiger partial charge in [-0.1, -0.05) is 13.8 Å². The number of fused-ring (bicyclic) bond motifs is 1. The van der Waals surface area contributed by atoms with Gasteiger partial charge in [-0.15, -0.1) is 0 Å². The van der Waals surface area contributed by atoms with Crippen molar-refractivity contribution in [1.82, 2.24) is 15.0 Å². The fourth-order valence-electron chi connectivity index (χ4n) is 1.44. The zero-order chi connectivity index (χ0) is 10.1. The van der Waals surface area contributed by atoms with Crippen LogP contribution in [0.15, 0.2) is 12.1 Å². The van der Waals surface area contributed by atoms with E-state index in [9.17, 15) is 0 Å². The second-order valence-electron chi connectivity index (χ2n) is 3.75. The molecule has 2 aromatic heterocycles. The van der Waals surface area contributed by atoms with Gasteiger partial charge in [0.1, 0.15) is 11.3 Å². The van der Waals surface area contributed by atoms with Gasteiger partial charge in [0.2, 0.25) is 0 Å². The van der Waals surface area contributed by atoms with E-state index in [0.717, 1.165) is 29.1 Å². The number of rotatable bonds is 2. The summed E-state index contributed by atoms with van der Waals surface area (Å²) in [6, 6.07) is 4.00. The Morgan fingerprint density at radius 3 is 2.86 bits per heavy atom. The number of aromatic amines is 1. The summed E-state index contributed by atoms with van der Waals surface area (Å²) in [5.41, 5.74) is 2.89. The van der Waals surface area contributed by atoms with E-state index in [1.165, 1.54) is 0 Å². The first-order valence-electron chi connectivity index (χ1n) is 5.04. The molecule has 0 aliphatic rings. The number of nitrogens with one attached hydrogen (secondary N) is 1. The minimum absolute atomic E-state index is 0.476. The number of hydrogen-bond acceptors (Lipinski definition) is 2. The molecule has 1 atom stereocenters. The molecule has 0 aliphatic carbocycles. The predicted octanol–water partition coefficient (Wildman–Crippen LogP) is 2.78. The second kappa shape index (κ2) is 3.40. The van der Waals surface area contributed by atoms with Gasteiger partial charge in [0.05, 0.1) is 0 Å². The van der Waals surface area contributed by atoms with Crippen molar-refractivity contribution >= 4 is 11.2 Å². The summed E-state index contributed by atoms with van der Waals surface area (Å²) in [7, 11) is 0. The van der Waals surface area contributed by atoms with Crippen LogP contribution in [0.3, 0.4) is 0 Å². The lowest BCUT2D eigenvalue weighted by Crippen LogP contribution is -1.93. The Bertz CT molecular complexity index is 445. The maximum absolute atomic E-state index is 4.51. The van der Waals surface area contributed by atoms with Crippen LogP contribution in [0.4, 0.5) is 0 Å². The Kier molecular flexibility index (Phi) is 2.23. The summed E-state index contributed by atoms with van der Waals surface area (Å²) in [6.45, 7) is 6.32. The van der Waals surface area contributed by atoms with Gasteiger partial charge in [-0.3, -0.25) is 0 Å². The molecule has 2 heterocycles. The Hall–Kier alpha value is -1.38. The molecule has 0 radical (unpaired) electrons. The summed E-state index contributed by atoms with van der Waals surface area (Å²) >= 11 is 0. The summed E-state index contributed by atoms with van der Waals surface area (Å²) in [4.78, 5) is 12.2. The van der Waals surface area contributed by atoms with Crippen molar-refractivity contribution in [3.05, 3.63) is 23.7 Å². The molecule has 0 fully saturated rings. The Balaban J connectivity index is 2.51. The highest BCUT2D eigenvalue weighted by Gasteiger charge is 2.09. The minimum atomic E-state index is 0.476. The summed E-state index contributed by atoms with van der Waals surface area (Å²) in [6.07, 6.45) is 1.10. The topological polar surface area (TPSA) is 41.6 Å². The zero-order valence-electron chi connectivity index (χ0n) is 8.83. The first-order chi connectivity index (χ1) is 6.70. The number of aryl methyl sites for hydroxylation is 1. The lowest BCUT2D eigenvalue weighted by atomic mass is 10.1. The van der Waals surface area contributed by atoms with Gasteiger partial charge >= 0.3 is 0 Å². The van der Waals surface area contributed by atoms with Gasteiger partial charge in [-0.25, -0.2) is 9.97 Å². The van der Waals surface area contributed by atoms with Crippen molar-refractivity contribution in [2.75, 3.05) is 0 Å². The molecule has 0 aliphatic heterocycles. The van der Waals surface area contributed by atoms with E-state index in [1.54, 1.807) is 0 Å². The van der Waals surface area contributed by atoms with Crippen LogP contribution >= 0.6 is 0 Å². The molecule has 0 saturated carbocycles. The van der Waals surface area contributed by atoms with E-state index in [1.807, 2.05) is 19.1 Å². The second-order valence-corrected chi connectivity index (χ2v) is 3.75. The first-order valence-corrected chi connectivity index (χ1v) is 5.04. The number of nitrogens with zero attached hydrogens (tertiary/aromatic N) is 2. The van der Waals surface area contributed by atoms with Gasteiger partial charge in [0, 0.05) is 11.6 Å². The largest absolute Gasteiger partial charge is 0.326 e. The number of H-pyrrole nitrogens is 1. The molecule has 74 valence electrons. The van der Waals surface area contributed by atoms with E-state index in [2.05, 4.69) is 28.8 Å². The molecular formula is C11H15N3. The van der Waals surface area contributed by atoms with Crippen LogP contribution in [-0.4, -0.2) is 15.0 Å². The standard InChI is InChI=1S/C11H15N3/c1-4-7(2)10-13-9-6-5-8(3)12-11(9)14-10/h5-7H,4H2,1-3H3,(H,12,13,14). The summed E-state index contributed by atoms with van der Waals surface area (Å²) in [5, 5.41) is 0. The maximum atomic E-state index is 4.51. The Labute approximate surface area is 83.6 Å². The van der Waals surface area contributed by atoms with Crippen LogP contribution in [-0.2, 0) is 0 Å². The molecule has 14 heavy (non-hydrogen) atoms. The lowest BCUT2D eigenvalue weighted by Gasteiger charge is -2.01. The van der Waals surface area contributed by atoms with Crippen molar-refractivity contribution in [3.8, 4) is 0 Å². The van der Waals surface area contributed by atoms with E-state index in [0.29, 0.717) is 5.92 Å². The van der Waals surface area contributed by atoms with Crippen molar-refractivity contribution in [3.63, 3.8) is 0 Å². The zero-order valence-corrected chi connectivity index (χ0v) is 8.83. The molecule has 0 saturated heterocycles. The van der Waals surface area contributed by atoms with E-state index < -0.39 is 0 Å². The van der Waals surface area contributed by atoms with E-state index in [4.69, 9.17) is 0 Å². The van der Waals surface area contributed by atoms with Gasteiger partial charge in [0.25, 0.3) is 0 Å². The molecule has 3 nitrogen and oxygen atoms in total. The third kappa shape index (κ3) is 1.50. The van der Waals surface area contributed by atoms with Gasteiger partial charge in [-0.2, -0.15) is 0 Å². The summed E-state index contributed by atoms with van der Waals surface area (Å²) < 4.78 is 0. The molecule has 1 N–H and O–H groups in total. The molecular weight excluding hydrogens is 174 g/mol. The number of aromatic nitrogens is 3. The molecule has 2 rings (SSSR count). The molecule has 0 bridgehead atoms. The van der Waals surface area contributed by atoms with E-state index in [-0.39, 0.29) is 0 Å². The van der Waals surface area contributed by atoms with Crippen LogP contribution in [0.5, 0.6) is 0 Å². The number of hydrogen-bond donors (Lipinski definition) is 1. The Morgan fingerprint density at radius 1 is 1.36 bits per heavy atom. The third-order valence-corrected chi connectivity index (χ3v) is 2.58. The molecule has 0 aromatic carbocycles. The van der Waals surface area contributed by atoms with Crippen molar-refractivity contribution in [2.24, 2.45) is 0 Å². The molecule has 0 amide bonds. The highest BCUT2D eigenvalue weighted by Crippen LogP contribution is 2.18. The number of imidazole rings is 1. The number of pyridine rings is 1. The van der Waals surface area contributed by atoms with Gasteiger partial charge < -0.3 is 4.98 Å². The first kappa shape index (κ1) is 9.19. The van der Waals surface area contributed by atoms with Crippen LogP contribution < -0.4 is 0 Å². The van der Waals surface area contributed by atoms with Crippen molar-refractivity contribution < 1.29 is 0 Å². The highest BCUT2D eigenvalue weighted by atomic mass is 15.0. The monoisotopic (exact) mass is 189 g/mol. The molecule has 3 heteroatoms. The minimum Gasteiger partial charge on any atom is -0.326 e. The average Bonchev–Trinajstić information content (AvgIpc) is 2.59. The Morgan fingerprint density at radius 2 is 2.14 bits per heavy atom. The van der Waals surface area contributed by atoms with Crippen molar-refractivity contribution in [2.45, 2.75) is 33.1 Å². The molecule has 0 spiro atoms. The fourth-order valence-corrected chi connectivity index (χ4v) is 1.44. The average molecular weight is 189 g/mol. The lowest BCUT2D eigenvalue weighted by molar-refractivity contribution is 0.691. The fraction of sp³-hybridized carbons (Fsp3) is 0.455. The van der Waals surface area contributed by atoms with Gasteiger partial charge in [0.15, 0.2) is 5.65 Å². The third-order valence-electron chi connectivity index (χ3n) is 2.58. The summed E-state index contributed by atoms with van der Waals surface area (Å²) in [5.74, 6) is 1.52. The normalized spacial score (nSPS) is 13.4. The van der Waals surface area contributed by atoms with Crippen LogP contribution in [0.25, 0.3) is 11.2 Å². The highest BCUT2D eigenvalue weighted by molar-refractivity contribution is 5.70. The smallest absolute Gasteiger partial charge is 0.157 e. The predicted molar refractivity (Wildman–Crippen MR) is 57.3 cm³/mol. The van der Waals surface area contributed by atoms with E-state index >= 15 is 0 Å². The van der Waals surface area contributed by atoms with Crippen molar-refractivity contribution in [1.29, 1.82) is 0 Å². The molecule has 2 aromatic rings. The SMILES string of the molecule is CCC(C)c1nc2ccc(C)nc2[nH]1. The van der Waals surface area contributed by atoms with Gasteiger partial charge in [-0.05, 0) is 25.5 Å². The quantitative estimate of drug-likeness (QED) is 0.789. The van der Waals surface area contributed by atoms with Crippen LogP contribution in [0.2, 0.25) is 0 Å². The molecule has 1 unspecified atom stereocenters. The van der Waals surface area contributed by atoms with Crippen LogP contribution in [0, 0.1) is 6.92 Å². The maximum Gasteiger partial charge on any atom is 0.157 e. The van der Waals surface area contributed by atoms with Crippen LogP contribution in [0.1, 0.15) is 37.7 Å².